The number of nitrogens with two attached hydrogens (primary N) is 1. The van der Waals surface area contributed by atoms with Crippen molar-refractivity contribution in [1.29, 1.82) is 0 Å². The lowest BCUT2D eigenvalue weighted by molar-refractivity contribution is -0.148. The van der Waals surface area contributed by atoms with E-state index in [1.54, 1.807) is 4.90 Å². The number of likely N-dealkylation sites (tertiary alicyclic amines) is 1. The number of benzene rings is 1. The molecule has 5 nitrogen and oxygen atoms in total. The van der Waals surface area contributed by atoms with E-state index in [9.17, 15) is 9.59 Å². The number of carbonyl (C=O) groups excluding carboxylic acids is 2. The number of furan rings is 1. The Morgan fingerprint density at radius 3 is 2.35 bits per heavy atom. The summed E-state index contributed by atoms with van der Waals surface area (Å²) in [5.74, 6) is 1.46. The molecule has 2 heterocycles. The van der Waals surface area contributed by atoms with E-state index in [2.05, 4.69) is 13.8 Å². The van der Waals surface area contributed by atoms with Gasteiger partial charge < -0.3 is 15.1 Å². The van der Waals surface area contributed by atoms with E-state index >= 15 is 0 Å². The Bertz CT molecular complexity index is 881. The van der Waals surface area contributed by atoms with Crippen molar-refractivity contribution < 1.29 is 14.0 Å². The number of carbonyl (C=O) groups is 2. The molecule has 2 atom stereocenters. The van der Waals surface area contributed by atoms with Crippen LogP contribution in [0, 0.1) is 23.7 Å². The van der Waals surface area contributed by atoms with E-state index in [0.717, 1.165) is 23.5 Å². The highest BCUT2D eigenvalue weighted by Crippen LogP contribution is 2.62. The zero-order chi connectivity index (χ0) is 18.7. The van der Waals surface area contributed by atoms with Gasteiger partial charge in [0.2, 0.25) is 5.91 Å². The van der Waals surface area contributed by atoms with Crippen molar-refractivity contribution in [1.82, 2.24) is 4.90 Å². The number of rotatable bonds is 3. The fourth-order valence-electron chi connectivity index (χ4n) is 4.93. The van der Waals surface area contributed by atoms with Gasteiger partial charge in [-0.25, -0.2) is 0 Å². The number of fused-ring (bicyclic) bond motifs is 1. The van der Waals surface area contributed by atoms with Crippen LogP contribution in [-0.4, -0.2) is 29.8 Å². The van der Waals surface area contributed by atoms with Crippen molar-refractivity contribution in [3.05, 3.63) is 47.7 Å². The van der Waals surface area contributed by atoms with E-state index in [-0.39, 0.29) is 23.1 Å². The van der Waals surface area contributed by atoms with Gasteiger partial charge in [-0.05, 0) is 48.9 Å². The second kappa shape index (κ2) is 5.47. The summed E-state index contributed by atoms with van der Waals surface area (Å²) in [6.45, 7) is 7.21. The molecule has 4 rings (SSSR count). The zero-order valence-electron chi connectivity index (χ0n) is 15.4. The maximum Gasteiger partial charge on any atom is 0.253 e. The van der Waals surface area contributed by atoms with Crippen LogP contribution >= 0.6 is 0 Å². The molecule has 2 amide bonds. The maximum absolute atomic E-state index is 12.9. The number of hydrogen-bond donors (Lipinski definition) is 1. The molecule has 1 aliphatic heterocycles. The molecule has 1 aromatic heterocycles. The Balaban J connectivity index is 1.54. The average molecular weight is 352 g/mol. The van der Waals surface area contributed by atoms with Gasteiger partial charge in [-0.15, -0.1) is 0 Å². The standard InChI is InChI=1S/C21H24N2O3/c1-13-4-9-16(26-13)14-5-7-15(8-6-14)18(24)23-10-17-20(2,3)11-21(17,12-23)19(22)25/h4-9,17H,10-12H2,1-3H3,(H2,22,25)/t17-,21+/m1/s1. The van der Waals surface area contributed by atoms with E-state index in [0.29, 0.717) is 18.7 Å². The molecule has 2 aliphatic rings. The number of amides is 2. The summed E-state index contributed by atoms with van der Waals surface area (Å²) in [5.41, 5.74) is 6.75. The highest BCUT2D eigenvalue weighted by atomic mass is 16.3. The van der Waals surface area contributed by atoms with Gasteiger partial charge in [0.15, 0.2) is 0 Å². The van der Waals surface area contributed by atoms with E-state index in [4.69, 9.17) is 10.2 Å². The van der Waals surface area contributed by atoms with Crippen molar-refractivity contribution in [2.75, 3.05) is 13.1 Å². The van der Waals surface area contributed by atoms with Crippen molar-refractivity contribution >= 4 is 11.8 Å². The van der Waals surface area contributed by atoms with Gasteiger partial charge in [0.25, 0.3) is 5.91 Å². The molecule has 1 aromatic carbocycles. The van der Waals surface area contributed by atoms with Crippen molar-refractivity contribution in [2.45, 2.75) is 27.2 Å². The molecule has 2 fully saturated rings. The van der Waals surface area contributed by atoms with Crippen LogP contribution in [0.2, 0.25) is 0 Å². The number of nitrogens with zero attached hydrogens (tertiary/aromatic N) is 1. The molecule has 136 valence electrons. The molecular weight excluding hydrogens is 328 g/mol. The summed E-state index contributed by atoms with van der Waals surface area (Å²) in [5, 5.41) is 0. The molecule has 0 unspecified atom stereocenters. The molecule has 0 spiro atoms. The SMILES string of the molecule is Cc1ccc(-c2ccc(C(=O)N3C[C@@H]4C(C)(C)C[C@]4(C(N)=O)C3)cc2)o1. The largest absolute Gasteiger partial charge is 0.461 e. The monoisotopic (exact) mass is 352 g/mol. The van der Waals surface area contributed by atoms with Crippen LogP contribution in [0.3, 0.4) is 0 Å². The van der Waals surface area contributed by atoms with Gasteiger partial charge in [-0.1, -0.05) is 26.0 Å². The Morgan fingerprint density at radius 1 is 1.15 bits per heavy atom. The van der Waals surface area contributed by atoms with Crippen LogP contribution in [0.1, 0.15) is 36.4 Å². The predicted molar refractivity (Wildman–Crippen MR) is 98.3 cm³/mol. The summed E-state index contributed by atoms with van der Waals surface area (Å²) in [6, 6.07) is 11.3. The zero-order valence-corrected chi connectivity index (χ0v) is 15.4. The third kappa shape index (κ3) is 2.37. The quantitative estimate of drug-likeness (QED) is 0.921. The smallest absolute Gasteiger partial charge is 0.253 e. The fraction of sp³-hybridized carbons (Fsp3) is 0.429. The molecule has 2 N–H and O–H groups in total. The third-order valence-electron chi connectivity index (χ3n) is 6.19. The molecule has 26 heavy (non-hydrogen) atoms. The van der Waals surface area contributed by atoms with Crippen LogP contribution in [0.15, 0.2) is 40.8 Å². The van der Waals surface area contributed by atoms with Gasteiger partial charge >= 0.3 is 0 Å². The minimum atomic E-state index is -0.551. The summed E-state index contributed by atoms with van der Waals surface area (Å²) in [6.07, 6.45) is 0.751. The summed E-state index contributed by atoms with van der Waals surface area (Å²) in [4.78, 5) is 26.8. The molecule has 5 heteroatoms. The van der Waals surface area contributed by atoms with Crippen molar-refractivity contribution in [3.63, 3.8) is 0 Å². The third-order valence-corrected chi connectivity index (χ3v) is 6.19. The van der Waals surface area contributed by atoms with Gasteiger partial charge in [0, 0.05) is 24.2 Å². The summed E-state index contributed by atoms with van der Waals surface area (Å²) in [7, 11) is 0. The summed E-state index contributed by atoms with van der Waals surface area (Å²) < 4.78 is 5.62. The normalized spacial score (nSPS) is 26.3. The Kier molecular flexibility index (Phi) is 3.55. The number of aryl methyl sites for hydroxylation is 1. The van der Waals surface area contributed by atoms with Crippen LogP contribution in [0.5, 0.6) is 0 Å². The van der Waals surface area contributed by atoms with E-state index < -0.39 is 5.41 Å². The first-order valence-electron chi connectivity index (χ1n) is 8.99. The molecule has 1 saturated carbocycles. The van der Waals surface area contributed by atoms with Gasteiger partial charge in [0.1, 0.15) is 11.5 Å². The molecule has 2 aromatic rings. The average Bonchev–Trinajstić information content (AvgIpc) is 3.17. The highest BCUT2D eigenvalue weighted by Gasteiger charge is 2.66. The first-order chi connectivity index (χ1) is 12.2. The lowest BCUT2D eigenvalue weighted by Crippen LogP contribution is -2.59. The van der Waals surface area contributed by atoms with Gasteiger partial charge in [-0.3, -0.25) is 9.59 Å². The van der Waals surface area contributed by atoms with E-state index in [1.165, 1.54) is 0 Å². The number of primary amides is 1. The Labute approximate surface area is 153 Å². The lowest BCUT2D eigenvalue weighted by Gasteiger charge is -2.54. The van der Waals surface area contributed by atoms with Crippen LogP contribution in [0.4, 0.5) is 0 Å². The number of hydrogen-bond acceptors (Lipinski definition) is 3. The van der Waals surface area contributed by atoms with Gasteiger partial charge in [0.05, 0.1) is 5.41 Å². The minimum absolute atomic E-state index is 0.0435. The molecule has 0 bridgehead atoms. The second-order valence-corrected chi connectivity index (χ2v) is 8.41. The van der Waals surface area contributed by atoms with Crippen molar-refractivity contribution in [3.8, 4) is 11.3 Å². The van der Waals surface area contributed by atoms with Crippen molar-refractivity contribution in [2.24, 2.45) is 22.5 Å². The van der Waals surface area contributed by atoms with Crippen LogP contribution in [0.25, 0.3) is 11.3 Å². The molecule has 0 radical (unpaired) electrons. The first kappa shape index (κ1) is 16.9. The second-order valence-electron chi connectivity index (χ2n) is 8.41. The first-order valence-corrected chi connectivity index (χ1v) is 8.99. The molecule has 1 aliphatic carbocycles. The Hall–Kier alpha value is -2.56. The van der Waals surface area contributed by atoms with Crippen LogP contribution in [-0.2, 0) is 4.79 Å². The lowest BCUT2D eigenvalue weighted by atomic mass is 9.48. The molecule has 1 saturated heterocycles. The fourth-order valence-corrected chi connectivity index (χ4v) is 4.93. The molecular formula is C21H24N2O3. The van der Waals surface area contributed by atoms with Crippen LogP contribution < -0.4 is 5.73 Å². The van der Waals surface area contributed by atoms with Gasteiger partial charge in [-0.2, -0.15) is 0 Å². The highest BCUT2D eigenvalue weighted by molar-refractivity contribution is 5.96. The minimum Gasteiger partial charge on any atom is -0.461 e. The Morgan fingerprint density at radius 2 is 1.85 bits per heavy atom. The summed E-state index contributed by atoms with van der Waals surface area (Å²) >= 11 is 0. The maximum atomic E-state index is 12.9. The predicted octanol–water partition coefficient (Wildman–Crippen LogP) is 3.23. The van der Waals surface area contributed by atoms with E-state index in [1.807, 2.05) is 43.3 Å². The topological polar surface area (TPSA) is 76.5 Å².